The molecule has 1 aliphatic carbocycles. The van der Waals surface area contributed by atoms with Crippen LogP contribution in [0.15, 0.2) is 72.8 Å². The highest BCUT2D eigenvalue weighted by Crippen LogP contribution is 2.44. The molecule has 0 bridgehead atoms. The minimum Gasteiger partial charge on any atom is -0.480 e. The largest absolute Gasteiger partial charge is 0.480 e. The molecular formula is C26H24N2O5. The number of carbonyl (C=O) groups excluding carboxylic acids is 2. The van der Waals surface area contributed by atoms with Crippen molar-refractivity contribution in [2.75, 3.05) is 13.7 Å². The Labute approximate surface area is 191 Å². The number of nitrogens with zero attached hydrogens (tertiary/aromatic N) is 1. The summed E-state index contributed by atoms with van der Waals surface area (Å²) in [7, 11) is 1.41. The van der Waals surface area contributed by atoms with Crippen molar-refractivity contribution in [2.24, 2.45) is 5.73 Å². The number of carbonyl (C=O) groups is 3. The molecule has 0 aliphatic heterocycles. The molecule has 1 aliphatic rings. The van der Waals surface area contributed by atoms with Gasteiger partial charge < -0.3 is 15.6 Å². The van der Waals surface area contributed by atoms with Gasteiger partial charge >= 0.3 is 12.1 Å². The number of benzene rings is 3. The fraction of sp³-hybridized carbons (Fsp3) is 0.192. The predicted molar refractivity (Wildman–Crippen MR) is 123 cm³/mol. The first-order chi connectivity index (χ1) is 15.9. The second-order valence-corrected chi connectivity index (χ2v) is 8.03. The molecule has 0 aromatic heterocycles. The SMILES string of the molecule is CN(C(=O)OCC1c2ccccc2-c2ccccc21)C(Cc1ccc(C(N)=O)cc1)C(=O)O. The zero-order chi connectivity index (χ0) is 23.5. The fourth-order valence-corrected chi connectivity index (χ4v) is 4.24. The summed E-state index contributed by atoms with van der Waals surface area (Å²) in [4.78, 5) is 37.0. The van der Waals surface area contributed by atoms with Gasteiger partial charge in [-0.05, 0) is 39.9 Å². The van der Waals surface area contributed by atoms with Crippen LogP contribution in [0.5, 0.6) is 0 Å². The third-order valence-electron chi connectivity index (χ3n) is 6.04. The van der Waals surface area contributed by atoms with Crippen molar-refractivity contribution in [2.45, 2.75) is 18.4 Å². The molecule has 4 rings (SSSR count). The van der Waals surface area contributed by atoms with Gasteiger partial charge in [0.25, 0.3) is 0 Å². The molecular weight excluding hydrogens is 420 g/mol. The molecule has 168 valence electrons. The number of carboxylic acid groups (broad SMARTS) is 1. The number of likely N-dealkylation sites (N-methyl/N-ethyl adjacent to an activating group) is 1. The van der Waals surface area contributed by atoms with Gasteiger partial charge in [-0.2, -0.15) is 0 Å². The lowest BCUT2D eigenvalue weighted by atomic mass is 9.98. The van der Waals surface area contributed by atoms with Crippen LogP contribution in [0.25, 0.3) is 11.1 Å². The van der Waals surface area contributed by atoms with Gasteiger partial charge in [0.15, 0.2) is 0 Å². The van der Waals surface area contributed by atoms with Crippen LogP contribution in [-0.4, -0.2) is 47.7 Å². The first kappa shape index (κ1) is 22.1. The molecule has 0 saturated carbocycles. The summed E-state index contributed by atoms with van der Waals surface area (Å²) in [6.07, 6.45) is -0.646. The van der Waals surface area contributed by atoms with Gasteiger partial charge in [0.2, 0.25) is 5.91 Å². The maximum atomic E-state index is 12.8. The molecule has 0 saturated heterocycles. The monoisotopic (exact) mass is 444 g/mol. The highest BCUT2D eigenvalue weighted by molar-refractivity contribution is 5.92. The van der Waals surface area contributed by atoms with E-state index in [-0.39, 0.29) is 18.9 Å². The van der Waals surface area contributed by atoms with Crippen LogP contribution in [0.3, 0.4) is 0 Å². The van der Waals surface area contributed by atoms with E-state index in [0.717, 1.165) is 27.2 Å². The van der Waals surface area contributed by atoms with E-state index in [2.05, 4.69) is 0 Å². The van der Waals surface area contributed by atoms with Crippen LogP contribution < -0.4 is 5.73 Å². The van der Waals surface area contributed by atoms with Crippen molar-refractivity contribution in [3.63, 3.8) is 0 Å². The second-order valence-electron chi connectivity index (χ2n) is 8.03. The lowest BCUT2D eigenvalue weighted by Gasteiger charge is -2.25. The predicted octanol–water partition coefficient (Wildman–Crippen LogP) is 3.66. The molecule has 0 fully saturated rings. The van der Waals surface area contributed by atoms with Crippen LogP contribution >= 0.6 is 0 Å². The normalized spacial score (nSPS) is 13.0. The van der Waals surface area contributed by atoms with Crippen LogP contribution in [0, 0.1) is 0 Å². The van der Waals surface area contributed by atoms with Crippen molar-refractivity contribution < 1.29 is 24.2 Å². The Morgan fingerprint density at radius 2 is 1.48 bits per heavy atom. The number of amides is 2. The van der Waals surface area contributed by atoms with Crippen LogP contribution in [0.1, 0.15) is 33.0 Å². The van der Waals surface area contributed by atoms with Gasteiger partial charge in [0.05, 0.1) is 0 Å². The molecule has 0 radical (unpaired) electrons. The summed E-state index contributed by atoms with van der Waals surface area (Å²) < 4.78 is 5.58. The molecule has 3 aromatic rings. The first-order valence-corrected chi connectivity index (χ1v) is 10.6. The third kappa shape index (κ3) is 4.43. The molecule has 33 heavy (non-hydrogen) atoms. The first-order valence-electron chi connectivity index (χ1n) is 10.6. The number of hydrogen-bond acceptors (Lipinski definition) is 4. The van der Waals surface area contributed by atoms with E-state index in [0.29, 0.717) is 11.1 Å². The van der Waals surface area contributed by atoms with Crippen molar-refractivity contribution in [1.29, 1.82) is 0 Å². The molecule has 7 nitrogen and oxygen atoms in total. The lowest BCUT2D eigenvalue weighted by Crippen LogP contribution is -2.44. The standard InChI is InChI=1S/C26H24N2O5/c1-28(23(25(30)31)14-16-10-12-17(13-11-16)24(27)29)26(32)33-15-22-20-8-4-2-6-18(20)19-7-3-5-9-21(19)22/h2-13,22-23H,14-15H2,1H3,(H2,27,29)(H,30,31). The van der Waals surface area contributed by atoms with Gasteiger partial charge in [0.1, 0.15) is 12.6 Å². The minimum atomic E-state index is -1.15. The molecule has 7 heteroatoms. The average molecular weight is 444 g/mol. The number of rotatable bonds is 7. The van der Waals surface area contributed by atoms with Gasteiger partial charge in [-0.25, -0.2) is 9.59 Å². The van der Waals surface area contributed by atoms with Gasteiger partial charge in [-0.1, -0.05) is 60.7 Å². The Morgan fingerprint density at radius 3 is 2.00 bits per heavy atom. The Hall–Kier alpha value is -4.13. The summed E-state index contributed by atoms with van der Waals surface area (Å²) in [6.45, 7) is 0.108. The van der Waals surface area contributed by atoms with E-state index in [4.69, 9.17) is 10.5 Å². The number of carboxylic acids is 1. The number of fused-ring (bicyclic) bond motifs is 3. The van der Waals surface area contributed by atoms with Crippen LogP contribution in [-0.2, 0) is 16.0 Å². The summed E-state index contributed by atoms with van der Waals surface area (Å²) in [5.74, 6) is -1.82. The van der Waals surface area contributed by atoms with Crippen molar-refractivity contribution in [1.82, 2.24) is 4.90 Å². The Kier molecular flexibility index (Phi) is 6.13. The number of nitrogens with two attached hydrogens (primary N) is 1. The van der Waals surface area contributed by atoms with E-state index in [1.165, 1.54) is 19.2 Å². The zero-order valence-electron chi connectivity index (χ0n) is 18.1. The molecule has 0 spiro atoms. The van der Waals surface area contributed by atoms with E-state index in [1.807, 2.05) is 48.5 Å². The van der Waals surface area contributed by atoms with E-state index < -0.39 is 24.0 Å². The Balaban J connectivity index is 1.46. The topological polar surface area (TPSA) is 110 Å². The number of primary amides is 1. The fourth-order valence-electron chi connectivity index (χ4n) is 4.24. The zero-order valence-corrected chi connectivity index (χ0v) is 18.1. The van der Waals surface area contributed by atoms with Crippen molar-refractivity contribution in [3.8, 4) is 11.1 Å². The van der Waals surface area contributed by atoms with Crippen LogP contribution in [0.4, 0.5) is 4.79 Å². The van der Waals surface area contributed by atoms with Crippen molar-refractivity contribution >= 4 is 18.0 Å². The quantitative estimate of drug-likeness (QED) is 0.578. The Bertz CT molecular complexity index is 1160. The van der Waals surface area contributed by atoms with E-state index in [1.54, 1.807) is 12.1 Å². The molecule has 3 aromatic carbocycles. The van der Waals surface area contributed by atoms with Crippen LogP contribution in [0.2, 0.25) is 0 Å². The maximum absolute atomic E-state index is 12.8. The van der Waals surface area contributed by atoms with E-state index >= 15 is 0 Å². The molecule has 0 heterocycles. The Morgan fingerprint density at radius 1 is 0.939 bits per heavy atom. The highest BCUT2D eigenvalue weighted by Gasteiger charge is 2.32. The number of hydrogen-bond donors (Lipinski definition) is 2. The summed E-state index contributed by atoms with van der Waals surface area (Å²) in [6, 6.07) is 21.2. The van der Waals surface area contributed by atoms with Gasteiger partial charge in [-0.3, -0.25) is 9.69 Å². The lowest BCUT2D eigenvalue weighted by molar-refractivity contribution is -0.142. The third-order valence-corrected chi connectivity index (χ3v) is 6.04. The number of ether oxygens (including phenoxy) is 1. The summed E-state index contributed by atoms with van der Waals surface area (Å²) in [5.41, 5.74) is 10.6. The molecule has 1 unspecified atom stereocenters. The van der Waals surface area contributed by atoms with E-state index in [9.17, 15) is 19.5 Å². The van der Waals surface area contributed by atoms with Gasteiger partial charge in [-0.15, -0.1) is 0 Å². The molecule has 2 amide bonds. The number of aliphatic carboxylic acids is 1. The minimum absolute atomic E-state index is 0.0646. The smallest absolute Gasteiger partial charge is 0.410 e. The summed E-state index contributed by atoms with van der Waals surface area (Å²) >= 11 is 0. The molecule has 1 atom stereocenters. The average Bonchev–Trinajstić information content (AvgIpc) is 3.14. The summed E-state index contributed by atoms with van der Waals surface area (Å²) in [5, 5.41) is 9.71. The maximum Gasteiger partial charge on any atom is 0.410 e. The molecule has 3 N–H and O–H groups in total. The van der Waals surface area contributed by atoms with Crippen molar-refractivity contribution in [3.05, 3.63) is 95.1 Å². The second kappa shape index (κ2) is 9.16. The highest BCUT2D eigenvalue weighted by atomic mass is 16.6. The van der Waals surface area contributed by atoms with Gasteiger partial charge in [0, 0.05) is 24.9 Å².